The van der Waals surface area contributed by atoms with Crippen LogP contribution in [-0.4, -0.2) is 20.6 Å². The molecular weight excluding hydrogens is 258 g/mol. The Morgan fingerprint density at radius 3 is 2.79 bits per heavy atom. The molecule has 3 nitrogen and oxygen atoms in total. The maximum Gasteiger partial charge on any atom is 0.192 e. The van der Waals surface area contributed by atoms with Crippen molar-refractivity contribution in [2.45, 2.75) is 48.7 Å². The first kappa shape index (κ1) is 11.8. The number of thioether (sulfide) groups is 1. The Kier molecular flexibility index (Phi) is 2.48. The molecule has 4 rings (SSSR count). The van der Waals surface area contributed by atoms with Gasteiger partial charge in [-0.25, -0.2) is 4.98 Å². The van der Waals surface area contributed by atoms with Gasteiger partial charge >= 0.3 is 0 Å². The van der Waals surface area contributed by atoms with Crippen LogP contribution in [0.4, 0.5) is 0 Å². The Morgan fingerprint density at radius 1 is 1.32 bits per heavy atom. The largest absolute Gasteiger partial charge is 0.441 e. The highest BCUT2D eigenvalue weighted by atomic mass is 32.2. The van der Waals surface area contributed by atoms with Crippen LogP contribution in [0.3, 0.4) is 0 Å². The van der Waals surface area contributed by atoms with Gasteiger partial charge in [-0.2, -0.15) is 11.8 Å². The Labute approximate surface area is 116 Å². The Balaban J connectivity index is 1.76. The fourth-order valence-electron chi connectivity index (χ4n) is 3.48. The zero-order valence-corrected chi connectivity index (χ0v) is 11.7. The maximum absolute atomic E-state index is 11.0. The van der Waals surface area contributed by atoms with Crippen LogP contribution < -0.4 is 0 Å². The van der Waals surface area contributed by atoms with Crippen LogP contribution >= 0.6 is 11.8 Å². The van der Waals surface area contributed by atoms with Crippen molar-refractivity contribution < 1.29 is 9.52 Å². The third-order valence-corrected chi connectivity index (χ3v) is 5.93. The SMILES string of the molecule is Cc1nc2ccc(C3(O)CC4CCC(C3)S4)cc2o1. The molecule has 4 heteroatoms. The molecule has 0 saturated carbocycles. The van der Waals surface area contributed by atoms with Gasteiger partial charge in [0.25, 0.3) is 0 Å². The van der Waals surface area contributed by atoms with Crippen molar-refractivity contribution in [2.24, 2.45) is 0 Å². The van der Waals surface area contributed by atoms with Crippen molar-refractivity contribution in [3.63, 3.8) is 0 Å². The van der Waals surface area contributed by atoms with Crippen molar-refractivity contribution in [1.29, 1.82) is 0 Å². The van der Waals surface area contributed by atoms with E-state index in [1.54, 1.807) is 0 Å². The van der Waals surface area contributed by atoms with E-state index in [1.165, 1.54) is 12.8 Å². The van der Waals surface area contributed by atoms with Crippen molar-refractivity contribution in [3.05, 3.63) is 29.7 Å². The fourth-order valence-corrected chi connectivity index (χ4v) is 5.31. The number of aryl methyl sites for hydroxylation is 1. The smallest absolute Gasteiger partial charge is 0.192 e. The number of benzene rings is 1. The van der Waals surface area contributed by atoms with Crippen molar-refractivity contribution >= 4 is 22.9 Å². The Morgan fingerprint density at radius 2 is 2.05 bits per heavy atom. The van der Waals surface area contributed by atoms with Crippen LogP contribution in [0.1, 0.15) is 37.1 Å². The van der Waals surface area contributed by atoms with Crippen molar-refractivity contribution in [1.82, 2.24) is 4.98 Å². The molecule has 2 saturated heterocycles. The monoisotopic (exact) mass is 275 g/mol. The number of fused-ring (bicyclic) bond motifs is 3. The lowest BCUT2D eigenvalue weighted by Gasteiger charge is -2.36. The Hall–Kier alpha value is -1.00. The summed E-state index contributed by atoms with van der Waals surface area (Å²) in [4.78, 5) is 4.31. The van der Waals surface area contributed by atoms with Gasteiger partial charge in [0.05, 0.1) is 5.60 Å². The summed E-state index contributed by atoms with van der Waals surface area (Å²) >= 11 is 2.06. The van der Waals surface area contributed by atoms with E-state index in [-0.39, 0.29) is 0 Å². The van der Waals surface area contributed by atoms with Gasteiger partial charge < -0.3 is 9.52 Å². The summed E-state index contributed by atoms with van der Waals surface area (Å²) in [7, 11) is 0. The predicted octanol–water partition coefficient (Wildman–Crippen LogP) is 3.38. The summed E-state index contributed by atoms with van der Waals surface area (Å²) < 4.78 is 5.59. The third-order valence-electron chi connectivity index (χ3n) is 4.36. The van der Waals surface area contributed by atoms with E-state index in [2.05, 4.69) is 16.7 Å². The number of aromatic nitrogens is 1. The van der Waals surface area contributed by atoms with E-state index >= 15 is 0 Å². The summed E-state index contributed by atoms with van der Waals surface area (Å²) in [6.45, 7) is 1.85. The van der Waals surface area contributed by atoms with E-state index < -0.39 is 5.60 Å². The summed E-state index contributed by atoms with van der Waals surface area (Å²) in [5.74, 6) is 0.679. The maximum atomic E-state index is 11.0. The fraction of sp³-hybridized carbons (Fsp3) is 0.533. The first-order chi connectivity index (χ1) is 9.12. The molecule has 19 heavy (non-hydrogen) atoms. The lowest BCUT2D eigenvalue weighted by atomic mass is 9.86. The molecule has 2 aliphatic heterocycles. The van der Waals surface area contributed by atoms with Gasteiger partial charge in [0.15, 0.2) is 11.5 Å². The van der Waals surface area contributed by atoms with Crippen LogP contribution in [0.5, 0.6) is 0 Å². The highest BCUT2D eigenvalue weighted by Crippen LogP contribution is 2.51. The molecule has 0 spiro atoms. The molecular formula is C15H17NO2S. The van der Waals surface area contributed by atoms with Gasteiger partial charge in [0.1, 0.15) is 5.52 Å². The molecule has 100 valence electrons. The molecule has 2 fully saturated rings. The lowest BCUT2D eigenvalue weighted by molar-refractivity contribution is 0.0197. The summed E-state index contributed by atoms with van der Waals surface area (Å²) in [6, 6.07) is 5.95. The second kappa shape index (κ2) is 4.00. The minimum atomic E-state index is -0.675. The molecule has 1 aromatic heterocycles. The van der Waals surface area contributed by atoms with Gasteiger partial charge in [-0.3, -0.25) is 0 Å². The Bertz CT molecular complexity index is 624. The average Bonchev–Trinajstić information content (AvgIpc) is 2.90. The number of rotatable bonds is 1. The van der Waals surface area contributed by atoms with E-state index in [4.69, 9.17) is 4.42 Å². The molecule has 0 amide bonds. The van der Waals surface area contributed by atoms with Gasteiger partial charge in [0.2, 0.25) is 0 Å². The standard InChI is InChI=1S/C15H17NO2S/c1-9-16-13-5-2-10(6-14(13)18-9)15(17)7-11-3-4-12(8-15)19-11/h2,5-6,11-12,17H,3-4,7-8H2,1H3. The predicted molar refractivity (Wildman–Crippen MR) is 76.3 cm³/mol. The van der Waals surface area contributed by atoms with Gasteiger partial charge in [-0.1, -0.05) is 6.07 Å². The van der Waals surface area contributed by atoms with Crippen molar-refractivity contribution in [2.75, 3.05) is 0 Å². The first-order valence-corrected chi connectivity index (χ1v) is 7.82. The zero-order chi connectivity index (χ0) is 13.0. The van der Waals surface area contributed by atoms with Crippen LogP contribution in [0.25, 0.3) is 11.1 Å². The molecule has 2 bridgehead atoms. The summed E-state index contributed by atoms with van der Waals surface area (Å²) in [5, 5.41) is 12.3. The quantitative estimate of drug-likeness (QED) is 0.866. The molecule has 2 aliphatic rings. The normalized spacial score (nSPS) is 34.0. The number of hydrogen-bond donors (Lipinski definition) is 1. The molecule has 0 aliphatic carbocycles. The molecule has 3 heterocycles. The summed E-state index contributed by atoms with van der Waals surface area (Å²) in [6.07, 6.45) is 4.24. The highest BCUT2D eigenvalue weighted by molar-refractivity contribution is 8.00. The zero-order valence-electron chi connectivity index (χ0n) is 10.9. The number of oxazole rings is 1. The molecule has 1 aromatic carbocycles. The second-order valence-electron chi connectivity index (χ2n) is 5.81. The number of hydrogen-bond acceptors (Lipinski definition) is 4. The lowest BCUT2D eigenvalue weighted by Crippen LogP contribution is -2.34. The third kappa shape index (κ3) is 1.89. The minimum absolute atomic E-state index is 0.621. The molecule has 2 atom stereocenters. The van der Waals surface area contributed by atoms with Crippen LogP contribution in [0, 0.1) is 6.92 Å². The molecule has 0 radical (unpaired) electrons. The van der Waals surface area contributed by atoms with Crippen molar-refractivity contribution in [3.8, 4) is 0 Å². The average molecular weight is 275 g/mol. The topological polar surface area (TPSA) is 46.3 Å². The van der Waals surface area contributed by atoms with Gasteiger partial charge in [-0.05, 0) is 43.4 Å². The number of nitrogens with zero attached hydrogens (tertiary/aromatic N) is 1. The van der Waals surface area contributed by atoms with E-state index in [1.807, 2.05) is 25.1 Å². The van der Waals surface area contributed by atoms with E-state index in [0.29, 0.717) is 16.4 Å². The molecule has 2 aromatic rings. The van der Waals surface area contributed by atoms with Gasteiger partial charge in [-0.15, -0.1) is 0 Å². The van der Waals surface area contributed by atoms with Crippen LogP contribution in [-0.2, 0) is 5.60 Å². The molecule has 1 N–H and O–H groups in total. The van der Waals surface area contributed by atoms with Crippen LogP contribution in [0.2, 0.25) is 0 Å². The van der Waals surface area contributed by atoms with E-state index in [0.717, 1.165) is 29.5 Å². The highest BCUT2D eigenvalue weighted by Gasteiger charge is 2.44. The minimum Gasteiger partial charge on any atom is -0.441 e. The number of aliphatic hydroxyl groups is 1. The van der Waals surface area contributed by atoms with Crippen LogP contribution in [0.15, 0.2) is 22.6 Å². The van der Waals surface area contributed by atoms with E-state index in [9.17, 15) is 5.11 Å². The first-order valence-electron chi connectivity index (χ1n) is 6.88. The molecule has 2 unspecified atom stereocenters. The summed E-state index contributed by atoms with van der Waals surface area (Å²) in [5.41, 5.74) is 1.98. The van der Waals surface area contributed by atoms with Gasteiger partial charge in [0, 0.05) is 17.4 Å². The second-order valence-corrected chi connectivity index (χ2v) is 7.42.